The Morgan fingerprint density at radius 3 is 2.81 bits per heavy atom. The highest BCUT2D eigenvalue weighted by Crippen LogP contribution is 2.45. The van der Waals surface area contributed by atoms with E-state index in [9.17, 15) is 14.9 Å². The smallest absolute Gasteiger partial charge is 0.280 e. The monoisotopic (exact) mass is 387 g/mol. The zero-order chi connectivity index (χ0) is 18.7. The van der Waals surface area contributed by atoms with Crippen LogP contribution in [0.2, 0.25) is 0 Å². The van der Waals surface area contributed by atoms with Gasteiger partial charge in [0.25, 0.3) is 11.6 Å². The number of benzene rings is 1. The number of hydrogen-bond acceptors (Lipinski definition) is 7. The van der Waals surface area contributed by atoms with Crippen LogP contribution in [0.15, 0.2) is 12.1 Å². The van der Waals surface area contributed by atoms with Crippen molar-refractivity contribution in [2.75, 3.05) is 12.1 Å². The van der Waals surface area contributed by atoms with Gasteiger partial charge in [-0.25, -0.2) is 0 Å². The van der Waals surface area contributed by atoms with Gasteiger partial charge in [-0.1, -0.05) is 6.92 Å². The van der Waals surface area contributed by atoms with E-state index in [4.69, 9.17) is 9.47 Å². The van der Waals surface area contributed by atoms with Gasteiger partial charge in [0.15, 0.2) is 11.5 Å². The van der Waals surface area contributed by atoms with Crippen molar-refractivity contribution >= 4 is 27.9 Å². The SMILES string of the molecule is C[C@@H]1CCc2c(sc3c2C(=O)N[C@H](c2cc4c(cc2[N+](=O)[O-])OCO4)N3)C1. The van der Waals surface area contributed by atoms with E-state index >= 15 is 0 Å². The number of carbonyl (C=O) groups is 1. The number of nitro benzene ring substituents is 1. The van der Waals surface area contributed by atoms with Gasteiger partial charge < -0.3 is 20.1 Å². The number of thiophene rings is 1. The largest absolute Gasteiger partial charge is 0.454 e. The van der Waals surface area contributed by atoms with Crippen molar-refractivity contribution in [1.29, 1.82) is 0 Å². The average molecular weight is 387 g/mol. The Kier molecular flexibility index (Phi) is 3.55. The predicted molar refractivity (Wildman–Crippen MR) is 98.6 cm³/mol. The quantitative estimate of drug-likeness (QED) is 0.605. The maximum atomic E-state index is 12.8. The van der Waals surface area contributed by atoms with Gasteiger partial charge in [-0.2, -0.15) is 0 Å². The van der Waals surface area contributed by atoms with Crippen molar-refractivity contribution in [3.8, 4) is 11.5 Å². The van der Waals surface area contributed by atoms with E-state index in [2.05, 4.69) is 17.6 Å². The Morgan fingerprint density at radius 1 is 1.26 bits per heavy atom. The number of rotatable bonds is 2. The van der Waals surface area contributed by atoms with Crippen molar-refractivity contribution in [1.82, 2.24) is 5.32 Å². The van der Waals surface area contributed by atoms with Gasteiger partial charge in [0.2, 0.25) is 6.79 Å². The lowest BCUT2D eigenvalue weighted by Crippen LogP contribution is -2.38. The molecule has 0 radical (unpaired) electrons. The first-order chi connectivity index (χ1) is 13.0. The number of nitrogens with zero attached hydrogens (tertiary/aromatic N) is 1. The molecule has 5 rings (SSSR count). The third-order valence-corrected chi connectivity index (χ3v) is 6.50. The van der Waals surface area contributed by atoms with Crippen molar-refractivity contribution < 1.29 is 19.2 Å². The summed E-state index contributed by atoms with van der Waals surface area (Å²) in [5.41, 5.74) is 2.05. The molecule has 3 heterocycles. The Balaban J connectivity index is 1.56. The van der Waals surface area contributed by atoms with Gasteiger partial charge in [0.1, 0.15) is 11.2 Å². The molecule has 1 aromatic carbocycles. The van der Waals surface area contributed by atoms with Crippen LogP contribution >= 0.6 is 11.3 Å². The first-order valence-electron chi connectivity index (χ1n) is 8.81. The first kappa shape index (κ1) is 16.4. The van der Waals surface area contributed by atoms with Crippen molar-refractivity contribution in [3.63, 3.8) is 0 Å². The summed E-state index contributed by atoms with van der Waals surface area (Å²) in [6, 6.07) is 2.92. The second-order valence-corrected chi connectivity index (χ2v) is 8.23. The molecule has 2 aliphatic heterocycles. The number of hydrogen-bond donors (Lipinski definition) is 2. The van der Waals surface area contributed by atoms with E-state index in [1.807, 2.05) is 0 Å². The lowest BCUT2D eigenvalue weighted by molar-refractivity contribution is -0.385. The molecular formula is C18H17N3O5S. The molecule has 1 aliphatic carbocycles. The summed E-state index contributed by atoms with van der Waals surface area (Å²) in [4.78, 5) is 25.2. The number of nitrogens with one attached hydrogen (secondary N) is 2. The number of amides is 1. The lowest BCUT2D eigenvalue weighted by Gasteiger charge is -2.27. The summed E-state index contributed by atoms with van der Waals surface area (Å²) in [7, 11) is 0. The predicted octanol–water partition coefficient (Wildman–Crippen LogP) is 3.36. The third kappa shape index (κ3) is 2.53. The number of fused-ring (bicyclic) bond motifs is 4. The molecule has 9 heteroatoms. The maximum Gasteiger partial charge on any atom is 0.280 e. The molecule has 3 aliphatic rings. The van der Waals surface area contributed by atoms with E-state index in [0.29, 0.717) is 28.5 Å². The van der Waals surface area contributed by atoms with Crippen LogP contribution in [-0.4, -0.2) is 17.6 Å². The molecule has 2 atom stereocenters. The minimum Gasteiger partial charge on any atom is -0.454 e. The fourth-order valence-electron chi connectivity index (χ4n) is 3.95. The second-order valence-electron chi connectivity index (χ2n) is 7.13. The summed E-state index contributed by atoms with van der Waals surface area (Å²) in [6.07, 6.45) is 2.24. The summed E-state index contributed by atoms with van der Waals surface area (Å²) < 4.78 is 10.6. The minimum atomic E-state index is -0.697. The molecule has 0 bridgehead atoms. The molecule has 0 saturated heterocycles. The Bertz CT molecular complexity index is 986. The molecule has 1 aromatic heterocycles. The van der Waals surface area contributed by atoms with Crippen LogP contribution in [-0.2, 0) is 12.8 Å². The van der Waals surface area contributed by atoms with E-state index < -0.39 is 11.1 Å². The van der Waals surface area contributed by atoms with Crippen LogP contribution in [0.3, 0.4) is 0 Å². The molecule has 0 fully saturated rings. The number of ether oxygens (including phenoxy) is 2. The molecule has 2 aromatic rings. The van der Waals surface area contributed by atoms with Gasteiger partial charge in [-0.05, 0) is 36.8 Å². The minimum absolute atomic E-state index is 0.0281. The third-order valence-electron chi connectivity index (χ3n) is 5.32. The maximum absolute atomic E-state index is 12.8. The number of nitro groups is 1. The average Bonchev–Trinajstić information content (AvgIpc) is 3.23. The van der Waals surface area contributed by atoms with Gasteiger partial charge >= 0.3 is 0 Å². The molecule has 0 saturated carbocycles. The number of carbonyl (C=O) groups excluding carboxylic acids is 1. The zero-order valence-corrected chi connectivity index (χ0v) is 15.4. The molecule has 140 valence electrons. The highest BCUT2D eigenvalue weighted by atomic mass is 32.1. The van der Waals surface area contributed by atoms with Crippen molar-refractivity contribution in [3.05, 3.63) is 43.8 Å². The Hall–Kier alpha value is -2.81. The first-order valence-corrected chi connectivity index (χ1v) is 9.62. The van der Waals surface area contributed by atoms with Crippen LogP contribution in [0.5, 0.6) is 11.5 Å². The zero-order valence-electron chi connectivity index (χ0n) is 14.5. The Morgan fingerprint density at radius 2 is 2.04 bits per heavy atom. The standard InChI is InChI=1S/C18H17N3O5S/c1-8-2-3-9-14(4-8)27-18-15(9)17(22)19-16(20-18)10-5-12-13(26-7-25-12)6-11(10)21(23)24/h5-6,8,16,20H,2-4,7H2,1H3,(H,19,22)/t8-,16+/m1/s1. The fourth-order valence-corrected chi connectivity index (χ4v) is 5.39. The molecule has 2 N–H and O–H groups in total. The van der Waals surface area contributed by atoms with Crippen molar-refractivity contribution in [2.45, 2.75) is 32.4 Å². The molecular weight excluding hydrogens is 370 g/mol. The van der Waals surface area contributed by atoms with E-state index in [-0.39, 0.29) is 18.4 Å². The fraction of sp³-hybridized carbons (Fsp3) is 0.389. The molecule has 0 spiro atoms. The summed E-state index contributed by atoms with van der Waals surface area (Å²) in [5.74, 6) is 1.20. The van der Waals surface area contributed by atoms with Gasteiger partial charge in [0.05, 0.1) is 22.1 Å². The topological polar surface area (TPSA) is 103 Å². The molecule has 1 amide bonds. The van der Waals surface area contributed by atoms with E-state index in [0.717, 1.165) is 29.8 Å². The van der Waals surface area contributed by atoms with Gasteiger partial charge in [0, 0.05) is 4.88 Å². The van der Waals surface area contributed by atoms with Crippen LogP contribution in [0.4, 0.5) is 10.7 Å². The van der Waals surface area contributed by atoms with Crippen LogP contribution in [0, 0.1) is 16.0 Å². The summed E-state index contributed by atoms with van der Waals surface area (Å²) in [5, 5.41) is 18.5. The lowest BCUT2D eigenvalue weighted by atomic mass is 9.88. The normalized spacial score (nSPS) is 22.5. The van der Waals surface area contributed by atoms with E-state index in [1.165, 1.54) is 10.9 Å². The second kappa shape index (κ2) is 5.85. The molecule has 0 unspecified atom stereocenters. The molecule has 8 nitrogen and oxygen atoms in total. The van der Waals surface area contributed by atoms with E-state index in [1.54, 1.807) is 17.4 Å². The van der Waals surface area contributed by atoms with Crippen LogP contribution in [0.25, 0.3) is 0 Å². The number of anilines is 1. The highest BCUT2D eigenvalue weighted by Gasteiger charge is 2.36. The van der Waals surface area contributed by atoms with Gasteiger partial charge in [-0.15, -0.1) is 11.3 Å². The summed E-state index contributed by atoms with van der Waals surface area (Å²) >= 11 is 1.59. The van der Waals surface area contributed by atoms with Crippen LogP contribution in [0.1, 0.15) is 45.9 Å². The molecule has 27 heavy (non-hydrogen) atoms. The highest BCUT2D eigenvalue weighted by molar-refractivity contribution is 7.16. The van der Waals surface area contributed by atoms with Crippen molar-refractivity contribution in [2.24, 2.45) is 5.92 Å². The Labute approximate surface area is 158 Å². The van der Waals surface area contributed by atoms with Gasteiger partial charge in [-0.3, -0.25) is 14.9 Å². The summed E-state index contributed by atoms with van der Waals surface area (Å²) in [6.45, 7) is 2.24. The van der Waals surface area contributed by atoms with Crippen LogP contribution < -0.4 is 20.1 Å².